The number of hydrogen-bond donors (Lipinski definition) is 2. The second-order valence-corrected chi connectivity index (χ2v) is 13.0. The molecule has 14 nitrogen and oxygen atoms in total. The molecule has 238 valence electrons. The molecule has 5 heterocycles. The minimum absolute atomic E-state index is 0.0162. The third kappa shape index (κ3) is 6.12. The largest absolute Gasteiger partial charge is 0.471 e. The van der Waals surface area contributed by atoms with Gasteiger partial charge in [0.25, 0.3) is 5.91 Å². The number of carbonyl (C=O) groups is 3. The summed E-state index contributed by atoms with van der Waals surface area (Å²) in [4.78, 5) is 63.9. The number of imidazole rings is 1. The zero-order valence-electron chi connectivity index (χ0n) is 26.1. The number of aryl methyl sites for hydroxylation is 2. The molecule has 46 heavy (non-hydrogen) atoms. The van der Waals surface area contributed by atoms with E-state index in [0.717, 1.165) is 29.0 Å². The van der Waals surface area contributed by atoms with E-state index in [1.54, 1.807) is 33.0 Å². The fourth-order valence-corrected chi connectivity index (χ4v) is 5.79. The summed E-state index contributed by atoms with van der Waals surface area (Å²) in [5.74, 6) is 1.33. The van der Waals surface area contributed by atoms with Crippen molar-refractivity contribution in [2.45, 2.75) is 71.0 Å². The van der Waals surface area contributed by atoms with Gasteiger partial charge < -0.3 is 19.6 Å². The van der Waals surface area contributed by atoms with Crippen LogP contribution in [0.2, 0.25) is 0 Å². The molecule has 1 saturated heterocycles. The Balaban J connectivity index is 1.07. The van der Waals surface area contributed by atoms with Gasteiger partial charge in [0.15, 0.2) is 5.65 Å². The molecule has 1 aliphatic heterocycles. The molecule has 2 unspecified atom stereocenters. The molecule has 7 rings (SSSR count). The topological polar surface area (TPSA) is 168 Å². The number of rotatable bonds is 10. The summed E-state index contributed by atoms with van der Waals surface area (Å²) in [5.41, 5.74) is 2.34. The zero-order chi connectivity index (χ0) is 32.3. The first kappa shape index (κ1) is 29.7. The summed E-state index contributed by atoms with van der Waals surface area (Å²) >= 11 is 0. The predicted molar refractivity (Wildman–Crippen MR) is 165 cm³/mol. The average molecular weight is 626 g/mol. The summed E-state index contributed by atoms with van der Waals surface area (Å²) in [6.07, 6.45) is 8.33. The van der Waals surface area contributed by atoms with Gasteiger partial charge in [-0.15, -0.1) is 0 Å². The number of aromatic nitrogens is 6. The molecule has 2 atom stereocenters. The minimum atomic E-state index is -1.22. The monoisotopic (exact) mass is 625 g/mol. The molecule has 2 saturated carbocycles. The molecule has 3 aliphatic rings. The summed E-state index contributed by atoms with van der Waals surface area (Å²) in [6, 6.07) is 4.84. The van der Waals surface area contributed by atoms with Crippen LogP contribution in [0.25, 0.3) is 5.65 Å². The van der Waals surface area contributed by atoms with E-state index in [0.29, 0.717) is 46.8 Å². The van der Waals surface area contributed by atoms with Gasteiger partial charge in [-0.05, 0) is 70.6 Å². The molecule has 4 aromatic rings. The van der Waals surface area contributed by atoms with E-state index in [4.69, 9.17) is 9.72 Å². The lowest BCUT2D eigenvalue weighted by Crippen LogP contribution is -2.43. The van der Waals surface area contributed by atoms with Gasteiger partial charge in [0.2, 0.25) is 11.8 Å². The first-order valence-electron chi connectivity index (χ1n) is 15.4. The van der Waals surface area contributed by atoms with Gasteiger partial charge in [-0.2, -0.15) is 4.98 Å². The fourth-order valence-electron chi connectivity index (χ4n) is 5.79. The van der Waals surface area contributed by atoms with Crippen LogP contribution in [0.1, 0.15) is 73.5 Å². The standard InChI is InChI=1S/C32H35N9O5/c1-17-7-8-33-28(34-17)22-10-23(22)30(43)38-25-11-26(36-18(2)35-25)46-15-21-13-39-12-20(19-5-6-19)9-24(29(39)37-21)40-14-27(42)41(31(40)44)16-32(3,4)45/h7-9,11-13,19,22-23,45H,5-6,10,14-16H2,1-4H3,(H,35,36,38,43). The molecular weight excluding hydrogens is 590 g/mol. The summed E-state index contributed by atoms with van der Waals surface area (Å²) < 4.78 is 7.86. The van der Waals surface area contributed by atoms with Gasteiger partial charge in [0.1, 0.15) is 30.6 Å². The maximum absolute atomic E-state index is 13.3. The van der Waals surface area contributed by atoms with Crippen LogP contribution in [0.5, 0.6) is 5.88 Å². The highest BCUT2D eigenvalue weighted by Crippen LogP contribution is 2.46. The summed E-state index contributed by atoms with van der Waals surface area (Å²) in [5, 5.41) is 13.1. The van der Waals surface area contributed by atoms with Crippen molar-refractivity contribution in [3.63, 3.8) is 0 Å². The number of imide groups is 1. The highest BCUT2D eigenvalue weighted by atomic mass is 16.5. The van der Waals surface area contributed by atoms with Crippen LogP contribution in [-0.2, 0) is 16.2 Å². The lowest BCUT2D eigenvalue weighted by molar-refractivity contribution is -0.127. The molecule has 2 aliphatic carbocycles. The Hall–Kier alpha value is -4.98. The number of anilines is 2. The Morgan fingerprint density at radius 2 is 1.91 bits per heavy atom. The first-order valence-corrected chi connectivity index (χ1v) is 15.4. The average Bonchev–Trinajstić information content (AvgIpc) is 3.91. The molecule has 0 aromatic carbocycles. The van der Waals surface area contributed by atoms with Crippen molar-refractivity contribution in [1.29, 1.82) is 0 Å². The van der Waals surface area contributed by atoms with Crippen LogP contribution in [0, 0.1) is 19.8 Å². The molecule has 4 amide bonds. The number of β-amino-alcohol motifs (C(OH)–C–C–N with tert-alkyl or cyclic N) is 1. The predicted octanol–water partition coefficient (Wildman–Crippen LogP) is 3.27. The molecule has 0 radical (unpaired) electrons. The Kier molecular flexibility index (Phi) is 7.18. The second kappa shape index (κ2) is 11.1. The number of urea groups is 1. The van der Waals surface area contributed by atoms with Crippen molar-refractivity contribution >= 4 is 35.0 Å². The third-order valence-corrected chi connectivity index (χ3v) is 8.25. The maximum Gasteiger partial charge on any atom is 0.331 e. The molecule has 0 bridgehead atoms. The van der Waals surface area contributed by atoms with Gasteiger partial charge in [-0.25, -0.2) is 24.7 Å². The highest BCUT2D eigenvalue weighted by Gasteiger charge is 2.46. The van der Waals surface area contributed by atoms with Gasteiger partial charge in [-0.3, -0.25) is 19.4 Å². The Morgan fingerprint density at radius 3 is 2.65 bits per heavy atom. The van der Waals surface area contributed by atoms with Crippen molar-refractivity contribution in [3.8, 4) is 5.88 Å². The number of nitrogens with zero attached hydrogens (tertiary/aromatic N) is 8. The Morgan fingerprint density at radius 1 is 1.11 bits per heavy atom. The van der Waals surface area contributed by atoms with Crippen LogP contribution in [0.4, 0.5) is 16.3 Å². The van der Waals surface area contributed by atoms with Crippen LogP contribution in [-0.4, -0.2) is 75.9 Å². The smallest absolute Gasteiger partial charge is 0.331 e. The molecule has 3 fully saturated rings. The van der Waals surface area contributed by atoms with Gasteiger partial charge in [-0.1, -0.05) is 0 Å². The highest BCUT2D eigenvalue weighted by molar-refractivity contribution is 6.13. The van der Waals surface area contributed by atoms with Crippen molar-refractivity contribution in [2.75, 3.05) is 23.3 Å². The number of carbonyl (C=O) groups excluding carboxylic acids is 3. The molecular formula is C32H35N9O5. The molecule has 2 N–H and O–H groups in total. The van der Waals surface area contributed by atoms with E-state index in [2.05, 4.69) is 25.3 Å². The summed E-state index contributed by atoms with van der Waals surface area (Å²) in [6.45, 7) is 6.57. The van der Waals surface area contributed by atoms with Crippen molar-refractivity contribution in [2.24, 2.45) is 5.92 Å². The van der Waals surface area contributed by atoms with Crippen molar-refractivity contribution < 1.29 is 24.2 Å². The second-order valence-electron chi connectivity index (χ2n) is 13.0. The normalized spacial score (nSPS) is 19.7. The number of pyridine rings is 1. The number of fused-ring (bicyclic) bond motifs is 1. The first-order chi connectivity index (χ1) is 21.9. The quantitative estimate of drug-likeness (QED) is 0.250. The van der Waals surface area contributed by atoms with E-state index >= 15 is 0 Å². The van der Waals surface area contributed by atoms with Crippen LogP contribution in [0.3, 0.4) is 0 Å². The van der Waals surface area contributed by atoms with E-state index in [9.17, 15) is 19.5 Å². The van der Waals surface area contributed by atoms with Gasteiger partial charge >= 0.3 is 6.03 Å². The third-order valence-electron chi connectivity index (χ3n) is 8.25. The van der Waals surface area contributed by atoms with Crippen LogP contribution < -0.4 is 15.0 Å². The minimum Gasteiger partial charge on any atom is -0.471 e. The maximum atomic E-state index is 13.3. The molecule has 4 aromatic heterocycles. The van der Waals surface area contributed by atoms with E-state index in [1.165, 1.54) is 4.90 Å². The number of amides is 4. The summed E-state index contributed by atoms with van der Waals surface area (Å²) in [7, 11) is 0. The Bertz CT molecular complexity index is 1880. The van der Waals surface area contributed by atoms with Gasteiger partial charge in [0, 0.05) is 42.2 Å². The van der Waals surface area contributed by atoms with E-state index < -0.39 is 11.6 Å². The van der Waals surface area contributed by atoms with Gasteiger partial charge in [0.05, 0.1) is 23.5 Å². The number of hydrogen-bond acceptors (Lipinski definition) is 10. The lowest BCUT2D eigenvalue weighted by Gasteiger charge is -2.24. The molecule has 0 spiro atoms. The lowest BCUT2D eigenvalue weighted by atomic mass is 10.1. The SMILES string of the molecule is Cc1ccnc(C2CC2C(=O)Nc2cc(OCc3cn4cc(C5CC5)cc(N5CC(=O)N(CC(C)(C)O)C5=O)c4n3)nc(C)n2)n1. The van der Waals surface area contributed by atoms with E-state index in [1.807, 2.05) is 35.9 Å². The van der Waals surface area contributed by atoms with Crippen molar-refractivity contribution in [1.82, 2.24) is 34.2 Å². The Labute approximate surface area is 264 Å². The van der Waals surface area contributed by atoms with Crippen molar-refractivity contribution in [3.05, 3.63) is 65.4 Å². The number of ether oxygens (including phenoxy) is 1. The zero-order valence-corrected chi connectivity index (χ0v) is 26.1. The van der Waals surface area contributed by atoms with E-state index in [-0.39, 0.29) is 49.2 Å². The number of nitrogens with one attached hydrogen (secondary N) is 1. The fraction of sp³-hybridized carbons (Fsp3) is 0.438. The number of aliphatic hydroxyl groups is 1. The van der Waals surface area contributed by atoms with Crippen LogP contribution >= 0.6 is 0 Å². The van der Waals surface area contributed by atoms with Crippen LogP contribution in [0.15, 0.2) is 36.8 Å². The molecule has 14 heteroatoms.